The molecule has 0 saturated carbocycles. The number of aromatic nitrogens is 2. The summed E-state index contributed by atoms with van der Waals surface area (Å²) in [6.07, 6.45) is 8.67. The van der Waals surface area contributed by atoms with Crippen LogP contribution >= 0.6 is 11.8 Å². The third-order valence-corrected chi connectivity index (χ3v) is 4.79. The minimum atomic E-state index is -0.202. The van der Waals surface area contributed by atoms with E-state index in [2.05, 4.69) is 10.9 Å². The average molecular weight is 392 g/mol. The summed E-state index contributed by atoms with van der Waals surface area (Å²) >= 11 is 1.35. The maximum absolute atomic E-state index is 13.0. The van der Waals surface area contributed by atoms with Gasteiger partial charge in [-0.3, -0.25) is 9.36 Å². The Morgan fingerprint density at radius 1 is 1.25 bits per heavy atom. The average Bonchev–Trinajstić information content (AvgIpc) is 3.08. The molecule has 5 nitrogen and oxygen atoms in total. The van der Waals surface area contributed by atoms with Crippen LogP contribution in [-0.2, 0) is 0 Å². The number of imidazole rings is 1. The third kappa shape index (κ3) is 4.38. The molecule has 0 unspecified atom stereocenters. The van der Waals surface area contributed by atoms with Crippen LogP contribution in [0.25, 0.3) is 17.1 Å². The fraction of sp³-hybridized carbons (Fsp3) is 0.182. The first-order valence-corrected chi connectivity index (χ1v) is 9.73. The molecule has 0 amide bonds. The van der Waals surface area contributed by atoms with Gasteiger partial charge in [0.2, 0.25) is 0 Å². The summed E-state index contributed by atoms with van der Waals surface area (Å²) in [6, 6.07) is 13.0. The van der Waals surface area contributed by atoms with E-state index in [0.29, 0.717) is 34.3 Å². The van der Waals surface area contributed by atoms with Gasteiger partial charge in [0, 0.05) is 12.1 Å². The molecule has 0 aliphatic rings. The number of fused-ring (bicyclic) bond motifs is 1. The lowest BCUT2D eigenvalue weighted by Gasteiger charge is -2.06. The fourth-order valence-electron chi connectivity index (χ4n) is 2.66. The Bertz CT molecular complexity index is 1050. The van der Waals surface area contributed by atoms with Crippen LogP contribution in [0.4, 0.5) is 0 Å². The summed E-state index contributed by atoms with van der Waals surface area (Å²) in [6.45, 7) is 2.46. The van der Waals surface area contributed by atoms with E-state index in [1.807, 2.05) is 49.4 Å². The van der Waals surface area contributed by atoms with Crippen molar-refractivity contribution in [1.29, 1.82) is 0 Å². The molecule has 1 heterocycles. The van der Waals surface area contributed by atoms with Gasteiger partial charge in [0.25, 0.3) is 5.91 Å². The normalized spacial score (nSPS) is 10.9. The molecule has 28 heavy (non-hydrogen) atoms. The molecule has 0 bridgehead atoms. The SMILES string of the molecule is C#CCSc1nc2ccc(OCC)cc2n1C(=O)/C=C\c1ccc(OC)cc1. The molecular formula is C22H20N2O3S. The molecule has 142 valence electrons. The largest absolute Gasteiger partial charge is 0.497 e. The number of ether oxygens (including phenoxy) is 2. The number of carbonyl (C=O) groups is 1. The van der Waals surface area contributed by atoms with Crippen molar-refractivity contribution in [2.24, 2.45) is 0 Å². The van der Waals surface area contributed by atoms with Crippen molar-refractivity contribution in [1.82, 2.24) is 9.55 Å². The second-order valence-corrected chi connectivity index (χ2v) is 6.69. The van der Waals surface area contributed by atoms with Crippen molar-refractivity contribution >= 4 is 34.8 Å². The highest BCUT2D eigenvalue weighted by Gasteiger charge is 2.16. The fourth-order valence-corrected chi connectivity index (χ4v) is 3.36. The van der Waals surface area contributed by atoms with E-state index in [9.17, 15) is 4.79 Å². The Hall–Kier alpha value is -3.17. The van der Waals surface area contributed by atoms with E-state index in [1.54, 1.807) is 17.8 Å². The van der Waals surface area contributed by atoms with Gasteiger partial charge in [-0.1, -0.05) is 29.8 Å². The topological polar surface area (TPSA) is 53.4 Å². The number of hydrogen-bond acceptors (Lipinski definition) is 5. The van der Waals surface area contributed by atoms with Crippen molar-refractivity contribution in [3.8, 4) is 23.8 Å². The second kappa shape index (κ2) is 9.16. The quantitative estimate of drug-likeness (QED) is 0.336. The van der Waals surface area contributed by atoms with Crippen molar-refractivity contribution in [3.05, 3.63) is 54.1 Å². The van der Waals surface area contributed by atoms with Gasteiger partial charge in [-0.05, 0) is 42.8 Å². The number of benzene rings is 2. The van der Waals surface area contributed by atoms with Crippen molar-refractivity contribution in [2.75, 3.05) is 19.5 Å². The Labute approximate surface area is 168 Å². The number of methoxy groups -OCH3 is 1. The highest BCUT2D eigenvalue weighted by molar-refractivity contribution is 7.99. The molecular weight excluding hydrogens is 372 g/mol. The van der Waals surface area contributed by atoms with E-state index in [-0.39, 0.29) is 5.91 Å². The van der Waals surface area contributed by atoms with Crippen molar-refractivity contribution in [2.45, 2.75) is 12.1 Å². The van der Waals surface area contributed by atoms with E-state index >= 15 is 0 Å². The van der Waals surface area contributed by atoms with E-state index in [4.69, 9.17) is 15.9 Å². The van der Waals surface area contributed by atoms with E-state index < -0.39 is 0 Å². The van der Waals surface area contributed by atoms with Gasteiger partial charge < -0.3 is 9.47 Å². The lowest BCUT2D eigenvalue weighted by molar-refractivity contribution is 0.0965. The predicted molar refractivity (Wildman–Crippen MR) is 113 cm³/mol. The van der Waals surface area contributed by atoms with Crippen LogP contribution in [0.1, 0.15) is 17.3 Å². The van der Waals surface area contributed by atoms with Crippen molar-refractivity contribution < 1.29 is 14.3 Å². The highest BCUT2D eigenvalue weighted by Crippen LogP contribution is 2.27. The molecule has 0 radical (unpaired) electrons. The molecule has 0 saturated heterocycles. The van der Waals surface area contributed by atoms with Crippen molar-refractivity contribution in [3.63, 3.8) is 0 Å². The molecule has 0 aliphatic heterocycles. The molecule has 0 atom stereocenters. The van der Waals surface area contributed by atoms with Crippen LogP contribution in [-0.4, -0.2) is 34.9 Å². The van der Waals surface area contributed by atoms with Gasteiger partial charge in [0.1, 0.15) is 11.5 Å². The Morgan fingerprint density at radius 3 is 2.68 bits per heavy atom. The lowest BCUT2D eigenvalue weighted by atomic mass is 10.2. The van der Waals surface area contributed by atoms with Gasteiger partial charge in [0.05, 0.1) is 30.5 Å². The third-order valence-electron chi connectivity index (χ3n) is 3.95. The summed E-state index contributed by atoms with van der Waals surface area (Å²) < 4.78 is 12.3. The van der Waals surface area contributed by atoms with Crippen LogP contribution in [0, 0.1) is 12.3 Å². The minimum Gasteiger partial charge on any atom is -0.497 e. The maximum atomic E-state index is 13.0. The van der Waals surface area contributed by atoms with Crippen LogP contribution in [0.15, 0.2) is 53.7 Å². The standard InChI is InChI=1S/C22H20N2O3S/c1-4-14-28-22-23-19-12-11-18(27-5-2)15-20(19)24(22)21(25)13-8-16-6-9-17(26-3)10-7-16/h1,6-13,15H,5,14H2,2-3H3/b13-8-. The van der Waals surface area contributed by atoms with Gasteiger partial charge >= 0.3 is 0 Å². The summed E-state index contributed by atoms with van der Waals surface area (Å²) in [5.74, 6) is 4.25. The van der Waals surface area contributed by atoms with Crippen LogP contribution < -0.4 is 9.47 Å². The molecule has 0 fully saturated rings. The van der Waals surface area contributed by atoms with Gasteiger partial charge in [0.15, 0.2) is 5.16 Å². The summed E-state index contributed by atoms with van der Waals surface area (Å²) in [7, 11) is 1.62. The van der Waals surface area contributed by atoms with E-state index in [0.717, 1.165) is 11.3 Å². The summed E-state index contributed by atoms with van der Waals surface area (Å²) in [5, 5.41) is 0.561. The monoisotopic (exact) mass is 392 g/mol. The molecule has 0 spiro atoms. The first-order chi connectivity index (χ1) is 13.7. The predicted octanol–water partition coefficient (Wildman–Crippen LogP) is 4.52. The highest BCUT2D eigenvalue weighted by atomic mass is 32.2. The maximum Gasteiger partial charge on any atom is 0.257 e. The number of nitrogens with zero attached hydrogens (tertiary/aromatic N) is 2. The van der Waals surface area contributed by atoms with E-state index in [1.165, 1.54) is 17.8 Å². The van der Waals surface area contributed by atoms with Crippen LogP contribution in [0.3, 0.4) is 0 Å². The number of allylic oxidation sites excluding steroid dienone is 1. The summed E-state index contributed by atoms with van der Waals surface area (Å²) in [5.41, 5.74) is 2.30. The smallest absolute Gasteiger partial charge is 0.257 e. The zero-order valence-corrected chi connectivity index (χ0v) is 16.5. The van der Waals surface area contributed by atoms with Gasteiger partial charge in [-0.2, -0.15) is 0 Å². The Morgan fingerprint density at radius 2 is 2.00 bits per heavy atom. The van der Waals surface area contributed by atoms with Crippen LogP contribution in [0.5, 0.6) is 11.5 Å². The molecule has 3 rings (SSSR count). The first-order valence-electron chi connectivity index (χ1n) is 8.74. The van der Waals surface area contributed by atoms with Crippen LogP contribution in [0.2, 0.25) is 0 Å². The molecule has 0 N–H and O–H groups in total. The Balaban J connectivity index is 1.97. The number of thioether (sulfide) groups is 1. The summed E-state index contributed by atoms with van der Waals surface area (Å²) in [4.78, 5) is 17.5. The minimum absolute atomic E-state index is 0.202. The second-order valence-electron chi connectivity index (χ2n) is 5.75. The van der Waals surface area contributed by atoms with Gasteiger partial charge in [-0.25, -0.2) is 4.98 Å². The zero-order valence-electron chi connectivity index (χ0n) is 15.7. The molecule has 0 aliphatic carbocycles. The molecule has 3 aromatic rings. The van der Waals surface area contributed by atoms with Gasteiger partial charge in [-0.15, -0.1) is 6.42 Å². The number of carbonyl (C=O) groups excluding carboxylic acids is 1. The number of rotatable bonds is 7. The molecule has 2 aromatic carbocycles. The lowest BCUT2D eigenvalue weighted by Crippen LogP contribution is -2.09. The number of terminal acetylenes is 1. The number of hydrogen-bond donors (Lipinski definition) is 0. The Kier molecular flexibility index (Phi) is 6.41. The first kappa shape index (κ1) is 19.6. The molecule has 6 heteroatoms. The molecule has 1 aromatic heterocycles. The zero-order chi connectivity index (χ0) is 19.9.